The molecular weight excluding hydrogens is 554 g/mol. The van der Waals surface area contributed by atoms with Crippen LogP contribution >= 0.6 is 31.9 Å². The van der Waals surface area contributed by atoms with Gasteiger partial charge in [0, 0.05) is 27.1 Å². The molecule has 34 heavy (non-hydrogen) atoms. The summed E-state index contributed by atoms with van der Waals surface area (Å²) in [5, 5.41) is 17.2. The standard InChI is InChI=1S/C28H21Br2N3O/c29-22-11-9-19(10-12-22)27-17-26(32-33(27)25-7-2-1-3-8-25)20-5-4-6-24(16-20)31-18-21-15-23(30)13-14-28(21)34/h1-16,18,27,34H,17H2. The van der Waals surface area contributed by atoms with E-state index in [1.54, 1.807) is 18.3 Å². The van der Waals surface area contributed by atoms with Crippen molar-refractivity contribution in [3.05, 3.63) is 123 Å². The van der Waals surface area contributed by atoms with E-state index >= 15 is 0 Å². The van der Waals surface area contributed by atoms with Crippen LogP contribution in [0.25, 0.3) is 0 Å². The highest BCUT2D eigenvalue weighted by atomic mass is 79.9. The molecule has 0 aromatic heterocycles. The zero-order valence-electron chi connectivity index (χ0n) is 18.1. The number of hydrazone groups is 1. The third-order valence-electron chi connectivity index (χ3n) is 5.71. The van der Waals surface area contributed by atoms with Gasteiger partial charge in [-0.25, -0.2) is 0 Å². The number of hydrogen-bond donors (Lipinski definition) is 1. The molecule has 1 aliphatic rings. The van der Waals surface area contributed by atoms with Crippen molar-refractivity contribution in [1.29, 1.82) is 0 Å². The van der Waals surface area contributed by atoms with Crippen molar-refractivity contribution in [1.82, 2.24) is 0 Å². The predicted octanol–water partition coefficient (Wildman–Crippen LogP) is 8.02. The maximum atomic E-state index is 10.1. The summed E-state index contributed by atoms with van der Waals surface area (Å²) in [6.45, 7) is 0. The Morgan fingerprint density at radius 1 is 0.853 bits per heavy atom. The molecule has 1 N–H and O–H groups in total. The maximum Gasteiger partial charge on any atom is 0.124 e. The summed E-state index contributed by atoms with van der Waals surface area (Å²) in [6, 6.07) is 32.1. The molecule has 0 saturated heterocycles. The number of phenolic OH excluding ortho intramolecular Hbond substituents is 1. The third-order valence-corrected chi connectivity index (χ3v) is 6.73. The second kappa shape index (κ2) is 9.95. The van der Waals surface area contributed by atoms with Crippen molar-refractivity contribution in [2.45, 2.75) is 12.5 Å². The van der Waals surface area contributed by atoms with Gasteiger partial charge in [0.25, 0.3) is 0 Å². The van der Waals surface area contributed by atoms with Crippen molar-refractivity contribution in [3.63, 3.8) is 0 Å². The number of aromatic hydroxyl groups is 1. The zero-order chi connectivity index (χ0) is 23.5. The average Bonchev–Trinajstić information content (AvgIpc) is 3.31. The summed E-state index contributed by atoms with van der Waals surface area (Å²) >= 11 is 6.97. The summed E-state index contributed by atoms with van der Waals surface area (Å²) in [7, 11) is 0. The summed E-state index contributed by atoms with van der Waals surface area (Å²) in [4.78, 5) is 4.59. The molecule has 1 unspecified atom stereocenters. The molecule has 4 aromatic carbocycles. The lowest BCUT2D eigenvalue weighted by atomic mass is 9.98. The van der Waals surface area contributed by atoms with Gasteiger partial charge in [-0.15, -0.1) is 0 Å². The Kier molecular flexibility index (Phi) is 6.61. The lowest BCUT2D eigenvalue weighted by Gasteiger charge is -2.24. The van der Waals surface area contributed by atoms with Gasteiger partial charge in [-0.1, -0.05) is 74.3 Å². The van der Waals surface area contributed by atoms with E-state index in [4.69, 9.17) is 5.10 Å². The normalized spacial score (nSPS) is 15.6. The van der Waals surface area contributed by atoms with E-state index in [-0.39, 0.29) is 11.8 Å². The molecule has 6 heteroatoms. The molecule has 1 aliphatic heterocycles. The fourth-order valence-electron chi connectivity index (χ4n) is 3.99. The maximum absolute atomic E-state index is 10.1. The highest BCUT2D eigenvalue weighted by Gasteiger charge is 2.29. The molecule has 4 aromatic rings. The predicted molar refractivity (Wildman–Crippen MR) is 146 cm³/mol. The van der Waals surface area contributed by atoms with E-state index in [9.17, 15) is 5.11 Å². The number of phenols is 1. The van der Waals surface area contributed by atoms with Gasteiger partial charge >= 0.3 is 0 Å². The summed E-state index contributed by atoms with van der Waals surface area (Å²) in [5.74, 6) is 0.194. The molecule has 1 atom stereocenters. The number of benzene rings is 4. The lowest BCUT2D eigenvalue weighted by molar-refractivity contribution is 0.474. The van der Waals surface area contributed by atoms with Crippen LogP contribution in [-0.2, 0) is 0 Å². The molecule has 0 bridgehead atoms. The monoisotopic (exact) mass is 573 g/mol. The lowest BCUT2D eigenvalue weighted by Crippen LogP contribution is -2.18. The van der Waals surface area contributed by atoms with E-state index in [2.05, 4.69) is 84.3 Å². The van der Waals surface area contributed by atoms with Crippen molar-refractivity contribution in [3.8, 4) is 5.75 Å². The largest absolute Gasteiger partial charge is 0.507 e. The third kappa shape index (κ3) is 4.98. The number of halogens is 2. The molecule has 0 saturated carbocycles. The smallest absolute Gasteiger partial charge is 0.124 e. The minimum atomic E-state index is 0.108. The van der Waals surface area contributed by atoms with E-state index < -0.39 is 0 Å². The molecule has 168 valence electrons. The minimum absolute atomic E-state index is 0.108. The van der Waals surface area contributed by atoms with E-state index in [0.717, 1.165) is 38.0 Å². The van der Waals surface area contributed by atoms with Crippen LogP contribution in [0.3, 0.4) is 0 Å². The van der Waals surface area contributed by atoms with Crippen LogP contribution in [0.2, 0.25) is 0 Å². The molecule has 0 radical (unpaired) electrons. The quantitative estimate of drug-likeness (QED) is 0.245. The Balaban J connectivity index is 1.46. The Hall–Kier alpha value is -3.22. The Bertz CT molecular complexity index is 1370. The fraction of sp³-hybridized carbons (Fsp3) is 0.0714. The molecule has 4 nitrogen and oxygen atoms in total. The Morgan fingerprint density at radius 2 is 1.62 bits per heavy atom. The summed E-state index contributed by atoms with van der Waals surface area (Å²) < 4.78 is 1.95. The van der Waals surface area contributed by atoms with Crippen LogP contribution in [0, 0.1) is 0 Å². The first-order chi connectivity index (χ1) is 16.6. The summed E-state index contributed by atoms with van der Waals surface area (Å²) in [5.41, 5.74) is 5.78. The van der Waals surface area contributed by atoms with Crippen LogP contribution in [-0.4, -0.2) is 17.0 Å². The summed E-state index contributed by atoms with van der Waals surface area (Å²) in [6.07, 6.45) is 2.46. The number of rotatable bonds is 5. The van der Waals surface area contributed by atoms with Gasteiger partial charge < -0.3 is 5.11 Å². The zero-order valence-corrected chi connectivity index (χ0v) is 21.3. The second-order valence-electron chi connectivity index (χ2n) is 8.01. The van der Waals surface area contributed by atoms with Gasteiger partial charge in [-0.05, 0) is 65.7 Å². The number of para-hydroxylation sites is 1. The number of aliphatic imine (C=N–C) groups is 1. The minimum Gasteiger partial charge on any atom is -0.507 e. The molecule has 5 rings (SSSR count). The van der Waals surface area contributed by atoms with Gasteiger partial charge in [0.05, 0.1) is 23.1 Å². The van der Waals surface area contributed by atoms with Crippen LogP contribution in [0.5, 0.6) is 5.75 Å². The fourth-order valence-corrected chi connectivity index (χ4v) is 4.63. The van der Waals surface area contributed by atoms with Gasteiger partial charge in [0.1, 0.15) is 5.75 Å². The topological polar surface area (TPSA) is 48.2 Å². The van der Waals surface area contributed by atoms with Gasteiger partial charge in [0.2, 0.25) is 0 Å². The first-order valence-corrected chi connectivity index (χ1v) is 12.5. The Labute approximate surface area is 215 Å². The SMILES string of the molecule is Oc1ccc(Br)cc1C=Nc1cccc(C2=NN(c3ccccc3)C(c3ccc(Br)cc3)C2)c1. The molecule has 1 heterocycles. The van der Waals surface area contributed by atoms with Crippen molar-refractivity contribution < 1.29 is 5.11 Å². The molecular formula is C28H21Br2N3O. The van der Waals surface area contributed by atoms with Crippen LogP contribution in [0.15, 0.2) is 116 Å². The van der Waals surface area contributed by atoms with Gasteiger partial charge in [-0.3, -0.25) is 10.0 Å². The van der Waals surface area contributed by atoms with Crippen LogP contribution in [0.1, 0.15) is 29.2 Å². The highest BCUT2D eigenvalue weighted by molar-refractivity contribution is 9.10. The molecule has 0 fully saturated rings. The average molecular weight is 575 g/mol. The van der Waals surface area contributed by atoms with Crippen molar-refractivity contribution in [2.75, 3.05) is 5.01 Å². The van der Waals surface area contributed by atoms with Crippen LogP contribution in [0.4, 0.5) is 11.4 Å². The van der Waals surface area contributed by atoms with E-state index in [1.807, 2.05) is 42.5 Å². The number of nitrogens with zero attached hydrogens (tertiary/aromatic N) is 3. The first kappa shape index (κ1) is 22.6. The molecule has 0 aliphatic carbocycles. The van der Waals surface area contributed by atoms with Crippen molar-refractivity contribution >= 4 is 55.2 Å². The second-order valence-corrected chi connectivity index (χ2v) is 9.84. The van der Waals surface area contributed by atoms with E-state index in [0.29, 0.717) is 5.56 Å². The number of hydrogen-bond acceptors (Lipinski definition) is 4. The van der Waals surface area contributed by atoms with Crippen LogP contribution < -0.4 is 5.01 Å². The molecule has 0 spiro atoms. The molecule has 0 amide bonds. The van der Waals surface area contributed by atoms with E-state index in [1.165, 1.54) is 5.56 Å². The van der Waals surface area contributed by atoms with Gasteiger partial charge in [0.15, 0.2) is 0 Å². The number of anilines is 1. The van der Waals surface area contributed by atoms with Crippen molar-refractivity contribution in [2.24, 2.45) is 10.1 Å². The highest BCUT2D eigenvalue weighted by Crippen LogP contribution is 2.37. The van der Waals surface area contributed by atoms with Gasteiger partial charge in [-0.2, -0.15) is 5.10 Å². The first-order valence-electron chi connectivity index (χ1n) is 10.9. The Morgan fingerprint density at radius 3 is 2.41 bits per heavy atom.